The lowest BCUT2D eigenvalue weighted by Crippen LogP contribution is -2.31. The van der Waals surface area contributed by atoms with Gasteiger partial charge >= 0.3 is 0 Å². The van der Waals surface area contributed by atoms with E-state index in [4.69, 9.17) is 4.74 Å². The average Bonchev–Trinajstić information content (AvgIpc) is 3.08. The van der Waals surface area contributed by atoms with Gasteiger partial charge in [-0.1, -0.05) is 6.92 Å². The molecule has 0 aliphatic carbocycles. The molecule has 1 N–H and O–H groups in total. The van der Waals surface area contributed by atoms with Crippen molar-refractivity contribution in [3.05, 3.63) is 30.6 Å². The Hall–Kier alpha value is -2.21. The van der Waals surface area contributed by atoms with Gasteiger partial charge in [0.2, 0.25) is 0 Å². The first-order valence-corrected chi connectivity index (χ1v) is 7.02. The lowest BCUT2D eigenvalue weighted by Gasteiger charge is -2.14. The normalized spacial score (nSPS) is 21.4. The summed E-state index contributed by atoms with van der Waals surface area (Å²) in [5, 5.41) is 7.13. The SMILES string of the molecule is C[C@H]1CCO[C@@H]1C(=O)Nc1ccc(-c2ncn(C)n2)cc1. The van der Waals surface area contributed by atoms with Crippen LogP contribution in [-0.2, 0) is 16.6 Å². The van der Waals surface area contributed by atoms with Crippen molar-refractivity contribution in [1.82, 2.24) is 14.8 Å². The van der Waals surface area contributed by atoms with E-state index in [2.05, 4.69) is 15.4 Å². The summed E-state index contributed by atoms with van der Waals surface area (Å²) >= 11 is 0. The zero-order chi connectivity index (χ0) is 14.8. The molecule has 6 nitrogen and oxygen atoms in total. The molecule has 1 aliphatic rings. The largest absolute Gasteiger partial charge is 0.368 e. The van der Waals surface area contributed by atoms with Crippen molar-refractivity contribution in [3.63, 3.8) is 0 Å². The van der Waals surface area contributed by atoms with Gasteiger partial charge in [0.15, 0.2) is 5.82 Å². The number of aromatic nitrogens is 3. The molecule has 2 aromatic rings. The molecule has 1 aromatic carbocycles. The fourth-order valence-corrected chi connectivity index (χ4v) is 2.42. The minimum atomic E-state index is -0.345. The highest BCUT2D eigenvalue weighted by molar-refractivity contribution is 5.94. The number of anilines is 1. The quantitative estimate of drug-likeness (QED) is 0.935. The molecule has 1 aromatic heterocycles. The molecular weight excluding hydrogens is 268 g/mol. The molecule has 2 atom stereocenters. The zero-order valence-corrected chi connectivity index (χ0v) is 12.1. The minimum Gasteiger partial charge on any atom is -0.368 e. The van der Waals surface area contributed by atoms with Gasteiger partial charge in [0.25, 0.3) is 5.91 Å². The third-order valence-electron chi connectivity index (χ3n) is 3.66. The third-order valence-corrected chi connectivity index (χ3v) is 3.66. The molecule has 1 amide bonds. The number of hydrogen-bond donors (Lipinski definition) is 1. The average molecular weight is 286 g/mol. The van der Waals surface area contributed by atoms with Crippen molar-refractivity contribution >= 4 is 11.6 Å². The Bertz CT molecular complexity index is 635. The maximum absolute atomic E-state index is 12.1. The van der Waals surface area contributed by atoms with E-state index in [1.807, 2.05) is 38.2 Å². The van der Waals surface area contributed by atoms with Gasteiger partial charge in [-0.2, -0.15) is 5.10 Å². The van der Waals surface area contributed by atoms with Crippen molar-refractivity contribution in [3.8, 4) is 11.4 Å². The van der Waals surface area contributed by atoms with E-state index in [1.54, 1.807) is 11.0 Å². The Morgan fingerprint density at radius 1 is 1.38 bits per heavy atom. The van der Waals surface area contributed by atoms with Gasteiger partial charge in [0, 0.05) is 24.9 Å². The predicted octanol–water partition coefficient (Wildman–Crippen LogP) is 1.85. The first kappa shape index (κ1) is 13.8. The van der Waals surface area contributed by atoms with Crippen LogP contribution in [0.5, 0.6) is 0 Å². The lowest BCUT2D eigenvalue weighted by molar-refractivity contribution is -0.126. The molecule has 0 unspecified atom stereocenters. The Balaban J connectivity index is 1.68. The van der Waals surface area contributed by atoms with Crippen LogP contribution in [0.15, 0.2) is 30.6 Å². The second-order valence-electron chi connectivity index (χ2n) is 5.37. The van der Waals surface area contributed by atoms with Crippen molar-refractivity contribution in [2.45, 2.75) is 19.4 Å². The van der Waals surface area contributed by atoms with E-state index in [0.29, 0.717) is 12.4 Å². The van der Waals surface area contributed by atoms with Crippen LogP contribution in [0.25, 0.3) is 11.4 Å². The molecule has 1 fully saturated rings. The molecular formula is C15H18N4O2. The predicted molar refractivity (Wildman–Crippen MR) is 78.6 cm³/mol. The number of benzene rings is 1. The van der Waals surface area contributed by atoms with Crippen LogP contribution in [0, 0.1) is 5.92 Å². The van der Waals surface area contributed by atoms with E-state index in [-0.39, 0.29) is 17.9 Å². The highest BCUT2D eigenvalue weighted by Crippen LogP contribution is 2.22. The topological polar surface area (TPSA) is 69.0 Å². The van der Waals surface area contributed by atoms with Crippen molar-refractivity contribution in [2.24, 2.45) is 13.0 Å². The summed E-state index contributed by atoms with van der Waals surface area (Å²) in [4.78, 5) is 16.3. The van der Waals surface area contributed by atoms with Gasteiger partial charge in [-0.25, -0.2) is 4.98 Å². The zero-order valence-electron chi connectivity index (χ0n) is 12.1. The van der Waals surface area contributed by atoms with Gasteiger partial charge in [0.05, 0.1) is 0 Å². The number of nitrogens with one attached hydrogen (secondary N) is 1. The highest BCUT2D eigenvalue weighted by Gasteiger charge is 2.30. The molecule has 0 spiro atoms. The van der Waals surface area contributed by atoms with Gasteiger partial charge in [0.1, 0.15) is 12.4 Å². The fraction of sp³-hybridized carbons (Fsp3) is 0.400. The van der Waals surface area contributed by atoms with Gasteiger partial charge < -0.3 is 10.1 Å². The van der Waals surface area contributed by atoms with Crippen molar-refractivity contribution in [1.29, 1.82) is 0 Å². The molecule has 2 heterocycles. The van der Waals surface area contributed by atoms with E-state index in [9.17, 15) is 4.79 Å². The first-order chi connectivity index (χ1) is 10.1. The van der Waals surface area contributed by atoms with Crippen LogP contribution in [-0.4, -0.2) is 33.4 Å². The summed E-state index contributed by atoms with van der Waals surface area (Å²) in [6, 6.07) is 7.49. The van der Waals surface area contributed by atoms with E-state index in [1.165, 1.54) is 0 Å². The van der Waals surface area contributed by atoms with E-state index >= 15 is 0 Å². The second-order valence-corrected chi connectivity index (χ2v) is 5.37. The lowest BCUT2D eigenvalue weighted by atomic mass is 10.0. The molecule has 21 heavy (non-hydrogen) atoms. The monoisotopic (exact) mass is 286 g/mol. The van der Waals surface area contributed by atoms with Crippen LogP contribution in [0.1, 0.15) is 13.3 Å². The van der Waals surface area contributed by atoms with Gasteiger partial charge in [-0.3, -0.25) is 9.48 Å². The number of carbonyl (C=O) groups is 1. The molecule has 1 saturated heterocycles. The Morgan fingerprint density at radius 3 is 2.71 bits per heavy atom. The van der Waals surface area contributed by atoms with Crippen LogP contribution in [0.2, 0.25) is 0 Å². The second kappa shape index (κ2) is 5.65. The number of hydrogen-bond acceptors (Lipinski definition) is 4. The number of ether oxygens (including phenoxy) is 1. The van der Waals surface area contributed by atoms with Crippen LogP contribution in [0.3, 0.4) is 0 Å². The molecule has 110 valence electrons. The number of aryl methyl sites for hydroxylation is 1. The minimum absolute atomic E-state index is 0.0799. The van der Waals surface area contributed by atoms with Crippen LogP contribution in [0.4, 0.5) is 5.69 Å². The number of amides is 1. The molecule has 1 aliphatic heterocycles. The summed E-state index contributed by atoms with van der Waals surface area (Å²) in [7, 11) is 1.83. The van der Waals surface area contributed by atoms with Gasteiger partial charge in [-0.15, -0.1) is 0 Å². The van der Waals surface area contributed by atoms with Crippen molar-refractivity contribution in [2.75, 3.05) is 11.9 Å². The molecule has 6 heteroatoms. The highest BCUT2D eigenvalue weighted by atomic mass is 16.5. The summed E-state index contributed by atoms with van der Waals surface area (Å²) in [5.41, 5.74) is 1.67. The summed E-state index contributed by atoms with van der Waals surface area (Å²) in [6.45, 7) is 2.69. The Morgan fingerprint density at radius 2 is 2.14 bits per heavy atom. The smallest absolute Gasteiger partial charge is 0.253 e. The number of rotatable bonds is 3. The van der Waals surface area contributed by atoms with E-state index < -0.39 is 0 Å². The standard InChI is InChI=1S/C15H18N4O2/c1-10-7-8-21-13(10)15(20)17-12-5-3-11(4-6-12)14-16-9-19(2)18-14/h3-6,9-10,13H,7-8H2,1-2H3,(H,17,20)/t10-,13-/m0/s1. The van der Waals surface area contributed by atoms with Gasteiger partial charge in [-0.05, 0) is 36.6 Å². The maximum atomic E-state index is 12.1. The molecule has 0 radical (unpaired) electrons. The molecule has 0 saturated carbocycles. The number of nitrogens with zero attached hydrogens (tertiary/aromatic N) is 3. The first-order valence-electron chi connectivity index (χ1n) is 7.02. The van der Waals surface area contributed by atoms with E-state index in [0.717, 1.165) is 17.7 Å². The third kappa shape index (κ3) is 2.95. The Kier molecular flexibility index (Phi) is 3.70. The van der Waals surface area contributed by atoms with Crippen LogP contribution >= 0.6 is 0 Å². The molecule has 3 rings (SSSR count). The summed E-state index contributed by atoms with van der Waals surface area (Å²) in [5.74, 6) is 0.855. The molecule has 0 bridgehead atoms. The summed E-state index contributed by atoms with van der Waals surface area (Å²) < 4.78 is 7.12. The number of carbonyl (C=O) groups excluding carboxylic acids is 1. The van der Waals surface area contributed by atoms with Crippen LogP contribution < -0.4 is 5.32 Å². The maximum Gasteiger partial charge on any atom is 0.253 e. The fourth-order valence-electron chi connectivity index (χ4n) is 2.42. The van der Waals surface area contributed by atoms with Crippen molar-refractivity contribution < 1.29 is 9.53 Å². The Labute approximate surface area is 123 Å². The summed E-state index contributed by atoms with van der Waals surface area (Å²) in [6.07, 6.45) is 2.24.